The van der Waals surface area contributed by atoms with Crippen LogP contribution < -0.4 is 4.74 Å². The van der Waals surface area contributed by atoms with Crippen molar-refractivity contribution in [2.75, 3.05) is 46.6 Å². The summed E-state index contributed by atoms with van der Waals surface area (Å²) in [7, 11) is 1.33. The van der Waals surface area contributed by atoms with Crippen LogP contribution in [0, 0.1) is 0 Å². The Balaban J connectivity index is 1.83. The Labute approximate surface area is 132 Å². The molecule has 1 aromatic rings. The van der Waals surface area contributed by atoms with Crippen LogP contribution in [0.15, 0.2) is 16.7 Å². The summed E-state index contributed by atoms with van der Waals surface area (Å²) in [6.07, 6.45) is 0.886. The Kier molecular flexibility index (Phi) is 6.41. The average Bonchev–Trinajstić information content (AvgIpc) is 2.53. The van der Waals surface area contributed by atoms with Gasteiger partial charge < -0.3 is 14.2 Å². The van der Waals surface area contributed by atoms with Gasteiger partial charge in [0.2, 0.25) is 0 Å². The summed E-state index contributed by atoms with van der Waals surface area (Å²) in [4.78, 5) is 18.1. The Morgan fingerprint density at radius 1 is 1.43 bits per heavy atom. The lowest BCUT2D eigenvalue weighted by atomic mass is 10.3. The number of esters is 1. The molecule has 1 saturated heterocycles. The predicted octanol–water partition coefficient (Wildman–Crippen LogP) is 1.73. The van der Waals surface area contributed by atoms with E-state index in [-0.39, 0.29) is 5.69 Å². The number of methoxy groups -OCH3 is 1. The fourth-order valence-electron chi connectivity index (χ4n) is 2.08. The van der Waals surface area contributed by atoms with Crippen LogP contribution in [0.5, 0.6) is 5.75 Å². The lowest BCUT2D eigenvalue weighted by Crippen LogP contribution is -2.37. The Bertz CT molecular complexity index is 478. The van der Waals surface area contributed by atoms with Crippen molar-refractivity contribution in [3.63, 3.8) is 0 Å². The fourth-order valence-corrected chi connectivity index (χ4v) is 2.39. The number of rotatable bonds is 6. The van der Waals surface area contributed by atoms with Gasteiger partial charge in [-0.05, 0) is 34.5 Å². The number of pyridine rings is 1. The molecule has 0 spiro atoms. The molecule has 0 saturated carbocycles. The van der Waals surface area contributed by atoms with Crippen LogP contribution in [0.25, 0.3) is 0 Å². The van der Waals surface area contributed by atoms with Gasteiger partial charge in [0.1, 0.15) is 4.60 Å². The monoisotopic (exact) mass is 358 g/mol. The first-order chi connectivity index (χ1) is 10.2. The van der Waals surface area contributed by atoms with E-state index < -0.39 is 5.97 Å². The van der Waals surface area contributed by atoms with E-state index in [1.807, 2.05) is 0 Å². The number of morpholine rings is 1. The molecule has 0 amide bonds. The quantitative estimate of drug-likeness (QED) is 0.438. The normalized spacial score (nSPS) is 15.7. The van der Waals surface area contributed by atoms with Crippen LogP contribution in [0.2, 0.25) is 0 Å². The first-order valence-corrected chi connectivity index (χ1v) is 7.68. The molecule has 1 aliphatic rings. The van der Waals surface area contributed by atoms with E-state index in [1.165, 1.54) is 7.11 Å². The van der Waals surface area contributed by atoms with E-state index in [9.17, 15) is 4.79 Å². The van der Waals surface area contributed by atoms with E-state index in [1.54, 1.807) is 12.1 Å². The number of hydrogen-bond donors (Lipinski definition) is 0. The Morgan fingerprint density at radius 2 is 2.19 bits per heavy atom. The maximum Gasteiger partial charge on any atom is 0.360 e. The smallest absolute Gasteiger partial charge is 0.360 e. The molecule has 21 heavy (non-hydrogen) atoms. The third kappa shape index (κ3) is 4.94. The van der Waals surface area contributed by atoms with Crippen molar-refractivity contribution >= 4 is 21.9 Å². The maximum absolute atomic E-state index is 11.7. The first-order valence-electron chi connectivity index (χ1n) is 6.88. The molecule has 0 N–H and O–H groups in total. The maximum atomic E-state index is 11.7. The van der Waals surface area contributed by atoms with Gasteiger partial charge in [-0.3, -0.25) is 4.90 Å². The van der Waals surface area contributed by atoms with Crippen molar-refractivity contribution in [1.82, 2.24) is 9.88 Å². The minimum atomic E-state index is -0.500. The van der Waals surface area contributed by atoms with Gasteiger partial charge in [-0.15, -0.1) is 0 Å². The SMILES string of the molecule is COC(=O)c1nc(Br)ccc1OCCCN1CCOCC1. The van der Waals surface area contributed by atoms with Crippen LogP contribution >= 0.6 is 15.9 Å². The summed E-state index contributed by atoms with van der Waals surface area (Å²) in [6.45, 7) is 5.01. The third-order valence-corrected chi connectivity index (χ3v) is 3.62. The van der Waals surface area contributed by atoms with Crippen molar-refractivity contribution in [3.8, 4) is 5.75 Å². The molecule has 0 radical (unpaired) electrons. The number of hydrogen-bond acceptors (Lipinski definition) is 6. The van der Waals surface area contributed by atoms with Crippen LogP contribution in [0.1, 0.15) is 16.9 Å². The van der Waals surface area contributed by atoms with Crippen LogP contribution in [0.3, 0.4) is 0 Å². The fraction of sp³-hybridized carbons (Fsp3) is 0.571. The molecule has 0 atom stereocenters. The van der Waals surface area contributed by atoms with Crippen molar-refractivity contribution < 1.29 is 19.0 Å². The van der Waals surface area contributed by atoms with E-state index in [2.05, 4.69) is 25.8 Å². The highest BCUT2D eigenvalue weighted by molar-refractivity contribution is 9.10. The van der Waals surface area contributed by atoms with Crippen molar-refractivity contribution in [1.29, 1.82) is 0 Å². The zero-order valence-electron chi connectivity index (χ0n) is 12.0. The summed E-state index contributed by atoms with van der Waals surface area (Å²) in [5, 5.41) is 0. The Morgan fingerprint density at radius 3 is 2.90 bits per heavy atom. The van der Waals surface area contributed by atoms with E-state index in [0.717, 1.165) is 39.3 Å². The van der Waals surface area contributed by atoms with Gasteiger partial charge >= 0.3 is 5.97 Å². The van der Waals surface area contributed by atoms with Crippen LogP contribution in [0.4, 0.5) is 0 Å². The number of nitrogens with zero attached hydrogens (tertiary/aromatic N) is 2. The highest BCUT2D eigenvalue weighted by Crippen LogP contribution is 2.20. The molecule has 1 aromatic heterocycles. The minimum absolute atomic E-state index is 0.193. The number of aromatic nitrogens is 1. The minimum Gasteiger partial charge on any atom is -0.491 e. The molecule has 7 heteroatoms. The van der Waals surface area contributed by atoms with Gasteiger partial charge in [0.05, 0.1) is 26.9 Å². The number of ether oxygens (including phenoxy) is 3. The second kappa shape index (κ2) is 8.31. The standard InChI is InChI=1S/C14H19BrN2O4/c1-19-14(18)13-11(3-4-12(15)16-13)21-8-2-5-17-6-9-20-10-7-17/h3-4H,2,5-10H2,1H3. The summed E-state index contributed by atoms with van der Waals surface area (Å²) in [6, 6.07) is 3.46. The predicted molar refractivity (Wildman–Crippen MR) is 80.6 cm³/mol. The van der Waals surface area contributed by atoms with Gasteiger partial charge in [-0.1, -0.05) is 0 Å². The summed E-state index contributed by atoms with van der Waals surface area (Å²) >= 11 is 3.23. The van der Waals surface area contributed by atoms with Gasteiger partial charge in [0, 0.05) is 19.6 Å². The molecule has 0 aliphatic carbocycles. The first kappa shape index (κ1) is 16.2. The molecular weight excluding hydrogens is 340 g/mol. The second-order valence-corrected chi connectivity index (χ2v) is 5.44. The molecule has 1 aliphatic heterocycles. The summed E-state index contributed by atoms with van der Waals surface area (Å²) < 4.78 is 16.2. The molecule has 0 aromatic carbocycles. The second-order valence-electron chi connectivity index (χ2n) is 4.63. The summed E-state index contributed by atoms with van der Waals surface area (Å²) in [5.41, 5.74) is 0.193. The van der Waals surface area contributed by atoms with E-state index >= 15 is 0 Å². The largest absolute Gasteiger partial charge is 0.491 e. The number of carbonyl (C=O) groups is 1. The molecular formula is C14H19BrN2O4. The Hall–Kier alpha value is -1.18. The molecule has 0 bridgehead atoms. The lowest BCUT2D eigenvalue weighted by Gasteiger charge is -2.26. The molecule has 1 fully saturated rings. The van der Waals surface area contributed by atoms with Gasteiger partial charge in [-0.25, -0.2) is 9.78 Å². The highest BCUT2D eigenvalue weighted by atomic mass is 79.9. The topological polar surface area (TPSA) is 60.9 Å². The van der Waals surface area contributed by atoms with Crippen LogP contribution in [-0.4, -0.2) is 62.4 Å². The molecule has 0 unspecified atom stereocenters. The molecule has 116 valence electrons. The summed E-state index contributed by atoms with van der Waals surface area (Å²) in [5.74, 6) is -0.0495. The third-order valence-electron chi connectivity index (χ3n) is 3.18. The van der Waals surface area contributed by atoms with E-state index in [0.29, 0.717) is 17.0 Å². The van der Waals surface area contributed by atoms with Crippen LogP contribution in [-0.2, 0) is 9.47 Å². The van der Waals surface area contributed by atoms with Crippen molar-refractivity contribution in [3.05, 3.63) is 22.4 Å². The molecule has 2 heterocycles. The van der Waals surface area contributed by atoms with Crippen molar-refractivity contribution in [2.45, 2.75) is 6.42 Å². The number of halogens is 1. The molecule has 6 nitrogen and oxygen atoms in total. The average molecular weight is 359 g/mol. The van der Waals surface area contributed by atoms with Crippen molar-refractivity contribution in [2.24, 2.45) is 0 Å². The van der Waals surface area contributed by atoms with Gasteiger partial charge in [0.25, 0.3) is 0 Å². The van der Waals surface area contributed by atoms with E-state index in [4.69, 9.17) is 14.2 Å². The van der Waals surface area contributed by atoms with Gasteiger partial charge in [0.15, 0.2) is 11.4 Å². The number of carbonyl (C=O) groups excluding carboxylic acids is 1. The zero-order valence-corrected chi connectivity index (χ0v) is 13.6. The lowest BCUT2D eigenvalue weighted by molar-refractivity contribution is 0.0357. The highest BCUT2D eigenvalue weighted by Gasteiger charge is 2.16. The van der Waals surface area contributed by atoms with Gasteiger partial charge in [-0.2, -0.15) is 0 Å². The zero-order chi connectivity index (χ0) is 15.1. The molecule has 2 rings (SSSR count).